The molecular weight excluding hydrogens is 513 g/mol. The Morgan fingerprint density at radius 1 is 1.17 bits per heavy atom. The van der Waals surface area contributed by atoms with Gasteiger partial charge in [-0.15, -0.1) is 0 Å². The zero-order valence-corrected chi connectivity index (χ0v) is 18.8. The van der Waals surface area contributed by atoms with Crippen molar-refractivity contribution in [3.63, 3.8) is 0 Å². The summed E-state index contributed by atoms with van der Waals surface area (Å²) >= 11 is 6.02. The molecule has 0 radical (unpaired) electrons. The van der Waals surface area contributed by atoms with Gasteiger partial charge in [0.2, 0.25) is 5.54 Å². The lowest BCUT2D eigenvalue weighted by molar-refractivity contribution is -0.285. The van der Waals surface area contributed by atoms with Gasteiger partial charge in [0.05, 0.1) is 11.1 Å². The molecule has 3 aromatic rings. The number of alkyl halides is 5. The molecule has 1 saturated heterocycles. The molecule has 2 aromatic heterocycles. The van der Waals surface area contributed by atoms with Crippen LogP contribution in [0.25, 0.3) is 22.4 Å². The lowest BCUT2D eigenvalue weighted by Gasteiger charge is -2.19. The number of nitrogens with one attached hydrogen (secondary N) is 1. The Morgan fingerprint density at radius 2 is 1.89 bits per heavy atom. The number of aryl methyl sites for hydroxylation is 1. The van der Waals surface area contributed by atoms with Gasteiger partial charge in [0, 0.05) is 29.4 Å². The summed E-state index contributed by atoms with van der Waals surface area (Å²) in [5.41, 5.74) is 4.96. The van der Waals surface area contributed by atoms with Gasteiger partial charge < -0.3 is 16.0 Å². The molecule has 2 amide bonds. The minimum atomic E-state index is -5.71. The normalized spacial score (nSPS) is 21.4. The average Bonchev–Trinajstić information content (AvgIpc) is 3.64. The third-order valence-corrected chi connectivity index (χ3v) is 6.82. The monoisotopic (exact) mass is 527 g/mol. The molecule has 1 aromatic carbocycles. The first-order valence-electron chi connectivity index (χ1n) is 10.8. The number of nitrogens with zero attached hydrogens (tertiary/aromatic N) is 5. The van der Waals surface area contributed by atoms with E-state index in [1.165, 1.54) is 23.1 Å². The maximum Gasteiger partial charge on any atom is 0.453 e. The summed E-state index contributed by atoms with van der Waals surface area (Å²) in [7, 11) is 0. The maximum atomic E-state index is 13.6. The Labute approximate surface area is 203 Å². The largest absolute Gasteiger partial charge is 0.453 e. The van der Waals surface area contributed by atoms with Crippen LogP contribution in [0.15, 0.2) is 18.2 Å². The van der Waals surface area contributed by atoms with Crippen LogP contribution in [-0.4, -0.2) is 54.6 Å². The third kappa shape index (κ3) is 3.02. The molecule has 1 atom stereocenters. The zero-order chi connectivity index (χ0) is 25.8. The molecule has 9 nitrogen and oxygen atoms in total. The van der Waals surface area contributed by atoms with Crippen LogP contribution in [0.2, 0.25) is 5.02 Å². The predicted octanol–water partition coefficient (Wildman–Crippen LogP) is 3.47. The van der Waals surface area contributed by atoms with E-state index < -0.39 is 36.5 Å². The van der Waals surface area contributed by atoms with Crippen LogP contribution in [0.4, 0.5) is 33.6 Å². The highest BCUT2D eigenvalue weighted by Gasteiger charge is 2.77. The molecule has 3 N–H and O–H groups in total. The fraction of sp³-hybridized carbons (Fsp3) is 0.381. The first-order chi connectivity index (χ1) is 16.9. The van der Waals surface area contributed by atoms with Crippen LogP contribution in [0, 0.1) is 0 Å². The molecule has 1 aliphatic carbocycles. The lowest BCUT2D eigenvalue weighted by Crippen LogP contribution is -2.37. The molecule has 2 fully saturated rings. The summed E-state index contributed by atoms with van der Waals surface area (Å²) in [5.74, 6) is -6.16. The van der Waals surface area contributed by atoms with Crippen molar-refractivity contribution in [2.24, 2.45) is 0 Å². The number of carbonyl (C=O) groups is 2. The number of fused-ring (bicyclic) bond motifs is 3. The lowest BCUT2D eigenvalue weighted by atomic mass is 10.0. The average molecular weight is 528 g/mol. The highest BCUT2D eigenvalue weighted by atomic mass is 35.5. The molecule has 2 aliphatic heterocycles. The molecule has 0 bridgehead atoms. The predicted molar refractivity (Wildman–Crippen MR) is 116 cm³/mol. The molecular formula is C21H15ClF5N7O2. The van der Waals surface area contributed by atoms with E-state index in [9.17, 15) is 31.5 Å². The van der Waals surface area contributed by atoms with E-state index in [2.05, 4.69) is 20.4 Å². The van der Waals surface area contributed by atoms with Crippen LogP contribution in [-0.2, 0) is 21.7 Å². The highest BCUT2D eigenvalue weighted by molar-refractivity contribution is 6.31. The van der Waals surface area contributed by atoms with Gasteiger partial charge in [-0.25, -0.2) is 9.97 Å². The number of aromatic nitrogens is 4. The summed E-state index contributed by atoms with van der Waals surface area (Å²) in [6.45, 7) is -0.783. The zero-order valence-electron chi connectivity index (χ0n) is 18.0. The molecule has 1 unspecified atom stereocenters. The molecule has 1 spiro atoms. The Morgan fingerprint density at radius 3 is 2.56 bits per heavy atom. The maximum absolute atomic E-state index is 13.6. The Hall–Kier alpha value is -3.55. The number of nitrogens with two attached hydrogens (primary N) is 1. The van der Waals surface area contributed by atoms with Gasteiger partial charge in [-0.1, -0.05) is 11.6 Å². The number of amides is 2. The Balaban J connectivity index is 1.42. The van der Waals surface area contributed by atoms with E-state index in [4.69, 9.17) is 17.3 Å². The van der Waals surface area contributed by atoms with Crippen molar-refractivity contribution in [3.05, 3.63) is 28.8 Å². The number of carbonyl (C=O) groups excluding carboxylic acids is 2. The fourth-order valence-electron chi connectivity index (χ4n) is 4.66. The summed E-state index contributed by atoms with van der Waals surface area (Å²) in [5, 5.41) is 7.25. The van der Waals surface area contributed by atoms with Gasteiger partial charge in [0.25, 0.3) is 11.8 Å². The van der Waals surface area contributed by atoms with Gasteiger partial charge in [0.1, 0.15) is 17.3 Å². The van der Waals surface area contributed by atoms with Crippen LogP contribution in [0.5, 0.6) is 0 Å². The van der Waals surface area contributed by atoms with Gasteiger partial charge >= 0.3 is 12.1 Å². The molecule has 36 heavy (non-hydrogen) atoms. The first kappa shape index (κ1) is 22.9. The van der Waals surface area contributed by atoms with E-state index in [1.807, 2.05) is 0 Å². The van der Waals surface area contributed by atoms with Gasteiger partial charge in [-0.3, -0.25) is 14.3 Å². The topological polar surface area (TPSA) is 119 Å². The molecule has 4 heterocycles. The minimum Gasteiger partial charge on any atom is -0.383 e. The molecule has 188 valence electrons. The fourth-order valence-corrected chi connectivity index (χ4v) is 4.83. The second kappa shape index (κ2) is 7.02. The summed E-state index contributed by atoms with van der Waals surface area (Å²) < 4.78 is 66.1. The van der Waals surface area contributed by atoms with E-state index in [-0.39, 0.29) is 51.2 Å². The van der Waals surface area contributed by atoms with Crippen molar-refractivity contribution in [2.45, 2.75) is 49.5 Å². The molecule has 1 saturated carbocycles. The second-order valence-corrected chi connectivity index (χ2v) is 9.35. The van der Waals surface area contributed by atoms with Gasteiger partial charge in [0.15, 0.2) is 5.82 Å². The van der Waals surface area contributed by atoms with Crippen molar-refractivity contribution in [2.75, 3.05) is 11.1 Å². The summed E-state index contributed by atoms with van der Waals surface area (Å²) in [6, 6.07) is 4.29. The quantitative estimate of drug-likeness (QED) is 0.298. The van der Waals surface area contributed by atoms with Crippen molar-refractivity contribution < 1.29 is 31.5 Å². The Bertz CT molecular complexity index is 1490. The molecule has 3 aliphatic rings. The number of hydrogen-bond donors (Lipinski definition) is 2. The second-order valence-electron chi connectivity index (χ2n) is 8.91. The minimum absolute atomic E-state index is 0.0132. The standard InChI is InChI=1S/C21H15ClF5N7O2/c22-8-1-4-10-11(7-8)33(6-5-19(23,24)21(25,26)27)32-13(10)16-29-14(28)12-15(30-16)31-17(35)20(12)18(36)34(20)9-2-3-9/h1,4,7,9H,2-3,5-6H2,(H3,28,29,30,31,35). The molecule has 6 rings (SSSR count). The van der Waals surface area contributed by atoms with Crippen LogP contribution < -0.4 is 11.1 Å². The number of hydrogen-bond acceptors (Lipinski definition) is 6. The van der Waals surface area contributed by atoms with Gasteiger partial charge in [-0.2, -0.15) is 27.1 Å². The van der Waals surface area contributed by atoms with Crippen molar-refractivity contribution >= 4 is 46.0 Å². The van der Waals surface area contributed by atoms with Crippen LogP contribution in [0.3, 0.4) is 0 Å². The van der Waals surface area contributed by atoms with Crippen LogP contribution in [0.1, 0.15) is 24.8 Å². The smallest absolute Gasteiger partial charge is 0.383 e. The third-order valence-electron chi connectivity index (χ3n) is 6.59. The first-order valence-corrected chi connectivity index (χ1v) is 11.2. The summed E-state index contributed by atoms with van der Waals surface area (Å²) in [6.07, 6.45) is -5.72. The Kier molecular flexibility index (Phi) is 4.46. The SMILES string of the molecule is Nc1nc(-c2nn(CCC(F)(F)C(F)(F)F)c3cc(Cl)ccc23)nc2c1C1(C(=O)N2)C(=O)N1C1CC1. The van der Waals surface area contributed by atoms with E-state index >= 15 is 0 Å². The van der Waals surface area contributed by atoms with E-state index in [0.717, 1.165) is 17.5 Å². The van der Waals surface area contributed by atoms with Crippen LogP contribution >= 0.6 is 11.6 Å². The number of nitrogen functional groups attached to an aromatic ring is 1. The van der Waals surface area contributed by atoms with Crippen molar-refractivity contribution in [1.82, 2.24) is 24.6 Å². The number of anilines is 2. The van der Waals surface area contributed by atoms with Gasteiger partial charge in [-0.05, 0) is 31.0 Å². The van der Waals surface area contributed by atoms with Crippen molar-refractivity contribution in [1.29, 1.82) is 0 Å². The van der Waals surface area contributed by atoms with Crippen molar-refractivity contribution in [3.8, 4) is 11.5 Å². The molecule has 15 heteroatoms. The number of rotatable bonds is 5. The van der Waals surface area contributed by atoms with E-state index in [0.29, 0.717) is 5.39 Å². The number of benzene rings is 1. The number of halogens is 6. The van der Waals surface area contributed by atoms with E-state index in [1.54, 1.807) is 0 Å². The summed E-state index contributed by atoms with van der Waals surface area (Å²) in [4.78, 5) is 35.4. The highest BCUT2D eigenvalue weighted by Crippen LogP contribution is 2.57.